The standard InChI is InChI=1S/C16H23F/c1-2-3-4-5-6-7-8-9-10-15-11-13-16(17)14-12-15/h2,11-14H,1,3-10H2. The average molecular weight is 234 g/mol. The normalized spacial score (nSPS) is 10.4. The van der Waals surface area contributed by atoms with E-state index in [1.807, 2.05) is 18.2 Å². The lowest BCUT2D eigenvalue weighted by atomic mass is 10.0. The first-order valence-electron chi connectivity index (χ1n) is 6.68. The molecule has 94 valence electrons. The van der Waals surface area contributed by atoms with E-state index in [1.54, 1.807) is 12.1 Å². The molecule has 0 amide bonds. The van der Waals surface area contributed by atoms with Crippen molar-refractivity contribution in [1.29, 1.82) is 0 Å². The van der Waals surface area contributed by atoms with Gasteiger partial charge in [0.15, 0.2) is 0 Å². The molecule has 1 rings (SSSR count). The zero-order chi connectivity index (χ0) is 12.3. The summed E-state index contributed by atoms with van der Waals surface area (Å²) in [4.78, 5) is 0. The molecule has 0 saturated heterocycles. The zero-order valence-electron chi connectivity index (χ0n) is 10.6. The van der Waals surface area contributed by atoms with Gasteiger partial charge >= 0.3 is 0 Å². The van der Waals surface area contributed by atoms with Gasteiger partial charge in [0.1, 0.15) is 5.82 Å². The second-order valence-corrected chi connectivity index (χ2v) is 4.58. The summed E-state index contributed by atoms with van der Waals surface area (Å²) in [6, 6.07) is 6.87. The Balaban J connectivity index is 1.97. The summed E-state index contributed by atoms with van der Waals surface area (Å²) in [7, 11) is 0. The molecule has 0 unspecified atom stereocenters. The molecule has 0 saturated carbocycles. The van der Waals surface area contributed by atoms with E-state index < -0.39 is 0 Å². The molecular weight excluding hydrogens is 211 g/mol. The van der Waals surface area contributed by atoms with Crippen LogP contribution in [0.5, 0.6) is 0 Å². The second kappa shape index (κ2) is 8.98. The van der Waals surface area contributed by atoms with Crippen molar-refractivity contribution >= 4 is 0 Å². The van der Waals surface area contributed by atoms with Crippen LogP contribution in [0.2, 0.25) is 0 Å². The van der Waals surface area contributed by atoms with Crippen molar-refractivity contribution in [2.24, 2.45) is 0 Å². The van der Waals surface area contributed by atoms with Gasteiger partial charge in [0.05, 0.1) is 0 Å². The van der Waals surface area contributed by atoms with E-state index in [2.05, 4.69) is 6.58 Å². The van der Waals surface area contributed by atoms with Crippen molar-refractivity contribution < 1.29 is 4.39 Å². The van der Waals surface area contributed by atoms with Crippen LogP contribution in [-0.2, 0) is 6.42 Å². The number of hydrogen-bond acceptors (Lipinski definition) is 0. The van der Waals surface area contributed by atoms with Gasteiger partial charge in [0.25, 0.3) is 0 Å². The highest BCUT2D eigenvalue weighted by Crippen LogP contribution is 2.11. The van der Waals surface area contributed by atoms with Gasteiger partial charge in [-0.2, -0.15) is 0 Å². The Morgan fingerprint density at radius 3 is 2.12 bits per heavy atom. The minimum Gasteiger partial charge on any atom is -0.207 e. The van der Waals surface area contributed by atoms with Crippen molar-refractivity contribution in [3.05, 3.63) is 48.3 Å². The summed E-state index contributed by atoms with van der Waals surface area (Å²) >= 11 is 0. The fourth-order valence-electron chi connectivity index (χ4n) is 1.98. The molecule has 0 nitrogen and oxygen atoms in total. The van der Waals surface area contributed by atoms with Crippen molar-refractivity contribution in [2.75, 3.05) is 0 Å². The molecule has 0 aromatic heterocycles. The lowest BCUT2D eigenvalue weighted by Crippen LogP contribution is -1.86. The number of aryl methyl sites for hydroxylation is 1. The molecular formula is C16H23F. The highest BCUT2D eigenvalue weighted by Gasteiger charge is 1.95. The fraction of sp³-hybridized carbons (Fsp3) is 0.500. The van der Waals surface area contributed by atoms with Crippen LogP contribution in [-0.4, -0.2) is 0 Å². The van der Waals surface area contributed by atoms with Gasteiger partial charge in [-0.1, -0.05) is 43.9 Å². The van der Waals surface area contributed by atoms with Gasteiger partial charge in [0, 0.05) is 0 Å². The number of rotatable bonds is 9. The molecule has 0 aliphatic carbocycles. The van der Waals surface area contributed by atoms with Crippen molar-refractivity contribution in [3.8, 4) is 0 Å². The topological polar surface area (TPSA) is 0 Å². The highest BCUT2D eigenvalue weighted by molar-refractivity contribution is 5.15. The summed E-state index contributed by atoms with van der Waals surface area (Å²) < 4.78 is 12.7. The Morgan fingerprint density at radius 1 is 0.882 bits per heavy atom. The third kappa shape index (κ3) is 6.93. The first-order valence-corrected chi connectivity index (χ1v) is 6.68. The smallest absolute Gasteiger partial charge is 0.123 e. The van der Waals surface area contributed by atoms with Gasteiger partial charge in [0.2, 0.25) is 0 Å². The molecule has 1 heteroatoms. The van der Waals surface area contributed by atoms with Crippen LogP contribution in [0.15, 0.2) is 36.9 Å². The molecule has 0 bridgehead atoms. The van der Waals surface area contributed by atoms with Gasteiger partial charge in [-0.25, -0.2) is 4.39 Å². The minimum atomic E-state index is -0.143. The largest absolute Gasteiger partial charge is 0.207 e. The molecule has 0 spiro atoms. The van der Waals surface area contributed by atoms with Crippen LogP contribution in [0.1, 0.15) is 50.5 Å². The molecule has 1 aromatic rings. The maximum Gasteiger partial charge on any atom is 0.123 e. The number of halogens is 1. The van der Waals surface area contributed by atoms with Crippen LogP contribution >= 0.6 is 0 Å². The Labute approximate surface area is 105 Å². The predicted molar refractivity (Wildman–Crippen MR) is 72.6 cm³/mol. The maximum absolute atomic E-state index is 12.7. The first-order chi connectivity index (χ1) is 8.33. The Kier molecular flexibility index (Phi) is 7.37. The van der Waals surface area contributed by atoms with E-state index in [0.717, 1.165) is 12.8 Å². The first kappa shape index (κ1) is 14.0. The number of unbranched alkanes of at least 4 members (excludes halogenated alkanes) is 6. The molecule has 1 aromatic carbocycles. The van der Waals surface area contributed by atoms with Crippen molar-refractivity contribution in [1.82, 2.24) is 0 Å². The summed E-state index contributed by atoms with van der Waals surface area (Å²) in [5.74, 6) is -0.143. The van der Waals surface area contributed by atoms with E-state index in [-0.39, 0.29) is 5.82 Å². The van der Waals surface area contributed by atoms with Crippen LogP contribution in [0, 0.1) is 5.82 Å². The molecule has 17 heavy (non-hydrogen) atoms. The Bertz CT molecular complexity index is 300. The molecule has 0 heterocycles. The Hall–Kier alpha value is -1.11. The summed E-state index contributed by atoms with van der Waals surface area (Å²) in [5, 5.41) is 0. The third-order valence-corrected chi connectivity index (χ3v) is 3.04. The monoisotopic (exact) mass is 234 g/mol. The van der Waals surface area contributed by atoms with E-state index in [0.29, 0.717) is 0 Å². The quantitative estimate of drug-likeness (QED) is 0.402. The molecule has 0 aliphatic rings. The molecule has 0 aliphatic heterocycles. The number of allylic oxidation sites excluding steroid dienone is 1. The molecule has 0 fully saturated rings. The SMILES string of the molecule is C=CCCCCCCCCc1ccc(F)cc1. The van der Waals surface area contributed by atoms with Crippen molar-refractivity contribution in [3.63, 3.8) is 0 Å². The highest BCUT2D eigenvalue weighted by atomic mass is 19.1. The van der Waals surface area contributed by atoms with Crippen LogP contribution in [0.25, 0.3) is 0 Å². The third-order valence-electron chi connectivity index (χ3n) is 3.04. The van der Waals surface area contributed by atoms with Gasteiger partial charge in [-0.05, 0) is 43.4 Å². The maximum atomic E-state index is 12.7. The Morgan fingerprint density at radius 2 is 1.47 bits per heavy atom. The second-order valence-electron chi connectivity index (χ2n) is 4.58. The lowest BCUT2D eigenvalue weighted by Gasteiger charge is -2.02. The fourth-order valence-corrected chi connectivity index (χ4v) is 1.98. The number of hydrogen-bond donors (Lipinski definition) is 0. The summed E-state index contributed by atoms with van der Waals surface area (Å²) in [6.07, 6.45) is 12.0. The van der Waals surface area contributed by atoms with Gasteiger partial charge < -0.3 is 0 Å². The lowest BCUT2D eigenvalue weighted by molar-refractivity contribution is 0.596. The van der Waals surface area contributed by atoms with E-state index in [9.17, 15) is 4.39 Å². The summed E-state index contributed by atoms with van der Waals surface area (Å²) in [5.41, 5.74) is 1.25. The molecule has 0 radical (unpaired) electrons. The van der Waals surface area contributed by atoms with Gasteiger partial charge in [-0.3, -0.25) is 0 Å². The van der Waals surface area contributed by atoms with Crippen LogP contribution in [0.3, 0.4) is 0 Å². The van der Waals surface area contributed by atoms with E-state index in [4.69, 9.17) is 0 Å². The van der Waals surface area contributed by atoms with Crippen LogP contribution < -0.4 is 0 Å². The van der Waals surface area contributed by atoms with E-state index in [1.165, 1.54) is 44.1 Å². The summed E-state index contributed by atoms with van der Waals surface area (Å²) in [6.45, 7) is 3.72. The molecule has 0 atom stereocenters. The predicted octanol–water partition coefficient (Wildman–Crippen LogP) is 5.28. The molecule has 0 N–H and O–H groups in total. The zero-order valence-corrected chi connectivity index (χ0v) is 10.6. The minimum absolute atomic E-state index is 0.143. The van der Waals surface area contributed by atoms with E-state index >= 15 is 0 Å². The van der Waals surface area contributed by atoms with Gasteiger partial charge in [-0.15, -0.1) is 6.58 Å². The average Bonchev–Trinajstić information content (AvgIpc) is 2.35. The van der Waals surface area contributed by atoms with Crippen LogP contribution in [0.4, 0.5) is 4.39 Å². The van der Waals surface area contributed by atoms with Crippen molar-refractivity contribution in [2.45, 2.75) is 51.4 Å². The number of benzene rings is 1.